The van der Waals surface area contributed by atoms with E-state index in [1.54, 1.807) is 0 Å². The summed E-state index contributed by atoms with van der Waals surface area (Å²) < 4.78 is 0. The van der Waals surface area contributed by atoms with Crippen molar-refractivity contribution in [3.8, 4) is 0 Å². The molecule has 0 aromatic heterocycles. The fourth-order valence-electron chi connectivity index (χ4n) is 1.18. The van der Waals surface area contributed by atoms with Gasteiger partial charge in [-0.1, -0.05) is 40.2 Å². The maximum atomic E-state index is 3.44. The third kappa shape index (κ3) is 2.95. The highest BCUT2D eigenvalue weighted by molar-refractivity contribution is 9.08. The fraction of sp³-hybridized carbons (Fsp3) is 0.400. The van der Waals surface area contributed by atoms with Crippen LogP contribution in [0.2, 0.25) is 0 Å². The highest BCUT2D eigenvalue weighted by Crippen LogP contribution is 2.09. The van der Waals surface area contributed by atoms with E-state index in [0.717, 1.165) is 11.9 Å². The molecule has 0 spiro atoms. The molecule has 0 aliphatic carbocycles. The molecule has 1 aromatic carbocycles. The Bertz CT molecular complexity index is 245. The minimum absolute atomic E-state index is 0.939. The van der Waals surface area contributed by atoms with Gasteiger partial charge in [0.2, 0.25) is 0 Å². The van der Waals surface area contributed by atoms with Crippen molar-refractivity contribution in [2.45, 2.75) is 11.9 Å². The predicted octanol–water partition coefficient (Wildman–Crippen LogP) is 2.64. The van der Waals surface area contributed by atoms with Crippen molar-refractivity contribution in [2.75, 3.05) is 14.1 Å². The molecule has 0 N–H and O–H groups in total. The van der Waals surface area contributed by atoms with Crippen LogP contribution in [0, 0.1) is 0 Å². The van der Waals surface area contributed by atoms with Gasteiger partial charge in [-0.2, -0.15) is 0 Å². The molecule has 66 valence electrons. The van der Waals surface area contributed by atoms with Crippen molar-refractivity contribution in [2.24, 2.45) is 0 Å². The SMILES string of the molecule is CN(C)Cc1cccc(CBr)c1. The van der Waals surface area contributed by atoms with E-state index < -0.39 is 0 Å². The number of hydrogen-bond donors (Lipinski definition) is 0. The van der Waals surface area contributed by atoms with Crippen LogP contribution in [0.3, 0.4) is 0 Å². The van der Waals surface area contributed by atoms with Gasteiger partial charge in [0.05, 0.1) is 0 Å². The number of alkyl halides is 1. The zero-order valence-corrected chi connectivity index (χ0v) is 9.13. The number of benzene rings is 1. The largest absolute Gasteiger partial charge is 0.305 e. The van der Waals surface area contributed by atoms with Gasteiger partial charge in [0.15, 0.2) is 0 Å². The molecule has 0 heterocycles. The second-order valence-electron chi connectivity index (χ2n) is 3.19. The minimum atomic E-state index is 0.939. The molecule has 2 heteroatoms. The second kappa shape index (κ2) is 4.63. The summed E-state index contributed by atoms with van der Waals surface area (Å²) in [7, 11) is 4.17. The first-order chi connectivity index (χ1) is 5.72. The van der Waals surface area contributed by atoms with E-state index in [9.17, 15) is 0 Å². The van der Waals surface area contributed by atoms with Gasteiger partial charge in [-0.15, -0.1) is 0 Å². The van der Waals surface area contributed by atoms with Gasteiger partial charge in [0, 0.05) is 11.9 Å². The van der Waals surface area contributed by atoms with Crippen LogP contribution >= 0.6 is 15.9 Å². The molecule has 0 aliphatic heterocycles. The Balaban J connectivity index is 2.72. The van der Waals surface area contributed by atoms with E-state index in [4.69, 9.17) is 0 Å². The van der Waals surface area contributed by atoms with Gasteiger partial charge in [-0.25, -0.2) is 0 Å². The molecule has 0 unspecified atom stereocenters. The maximum Gasteiger partial charge on any atom is 0.0283 e. The van der Waals surface area contributed by atoms with Gasteiger partial charge >= 0.3 is 0 Å². The van der Waals surface area contributed by atoms with Crippen LogP contribution in [-0.4, -0.2) is 19.0 Å². The lowest BCUT2D eigenvalue weighted by molar-refractivity contribution is 0.402. The molecule has 0 saturated carbocycles. The summed E-state index contributed by atoms with van der Waals surface area (Å²) in [6, 6.07) is 8.63. The van der Waals surface area contributed by atoms with E-state index in [2.05, 4.69) is 59.2 Å². The second-order valence-corrected chi connectivity index (χ2v) is 3.75. The zero-order chi connectivity index (χ0) is 8.97. The zero-order valence-electron chi connectivity index (χ0n) is 7.55. The van der Waals surface area contributed by atoms with Crippen molar-refractivity contribution in [3.05, 3.63) is 35.4 Å². The molecule has 0 bridgehead atoms. The summed E-state index contributed by atoms with van der Waals surface area (Å²) in [6.45, 7) is 1.01. The lowest BCUT2D eigenvalue weighted by Crippen LogP contribution is -2.10. The molecule has 0 aliphatic rings. The van der Waals surface area contributed by atoms with Crippen LogP contribution in [0.4, 0.5) is 0 Å². The van der Waals surface area contributed by atoms with Crippen molar-refractivity contribution in [3.63, 3.8) is 0 Å². The van der Waals surface area contributed by atoms with E-state index in [-0.39, 0.29) is 0 Å². The fourth-order valence-corrected chi connectivity index (χ4v) is 1.53. The van der Waals surface area contributed by atoms with Crippen LogP contribution in [0.1, 0.15) is 11.1 Å². The lowest BCUT2D eigenvalue weighted by atomic mass is 10.1. The van der Waals surface area contributed by atoms with Crippen molar-refractivity contribution >= 4 is 15.9 Å². The normalized spacial score (nSPS) is 10.7. The van der Waals surface area contributed by atoms with Gasteiger partial charge in [0.25, 0.3) is 0 Å². The predicted molar refractivity (Wildman–Crippen MR) is 56.5 cm³/mol. The number of hydrogen-bond acceptors (Lipinski definition) is 1. The average Bonchev–Trinajstić information content (AvgIpc) is 2.03. The highest BCUT2D eigenvalue weighted by Gasteiger charge is 1.95. The first-order valence-electron chi connectivity index (χ1n) is 4.01. The molecule has 1 nitrogen and oxygen atoms in total. The third-order valence-corrected chi connectivity index (χ3v) is 2.29. The Hall–Kier alpha value is -0.340. The third-order valence-electron chi connectivity index (χ3n) is 1.64. The quantitative estimate of drug-likeness (QED) is 0.719. The number of halogens is 1. The standard InChI is InChI=1S/C10H14BrN/c1-12(2)8-10-5-3-4-9(6-10)7-11/h3-6H,7-8H2,1-2H3. The lowest BCUT2D eigenvalue weighted by Gasteiger charge is -2.09. The van der Waals surface area contributed by atoms with Crippen molar-refractivity contribution in [1.29, 1.82) is 0 Å². The van der Waals surface area contributed by atoms with Gasteiger partial charge in [0.1, 0.15) is 0 Å². The molecule has 0 amide bonds. The summed E-state index contributed by atoms with van der Waals surface area (Å²) in [4.78, 5) is 2.17. The van der Waals surface area contributed by atoms with Gasteiger partial charge in [-0.05, 0) is 25.2 Å². The maximum absolute atomic E-state index is 3.44. The molecule has 0 atom stereocenters. The Morgan fingerprint density at radius 1 is 1.25 bits per heavy atom. The van der Waals surface area contributed by atoms with Crippen molar-refractivity contribution < 1.29 is 0 Å². The van der Waals surface area contributed by atoms with Crippen LogP contribution in [0.15, 0.2) is 24.3 Å². The Labute approximate surface area is 82.5 Å². The first kappa shape index (κ1) is 9.75. The smallest absolute Gasteiger partial charge is 0.0283 e. The molecule has 12 heavy (non-hydrogen) atoms. The molecule has 0 saturated heterocycles. The number of nitrogens with zero attached hydrogens (tertiary/aromatic N) is 1. The van der Waals surface area contributed by atoms with Crippen molar-refractivity contribution in [1.82, 2.24) is 4.90 Å². The molecule has 1 rings (SSSR count). The summed E-state index contributed by atoms with van der Waals surface area (Å²) in [6.07, 6.45) is 0. The topological polar surface area (TPSA) is 3.24 Å². The van der Waals surface area contributed by atoms with Crippen LogP contribution < -0.4 is 0 Å². The van der Waals surface area contributed by atoms with Gasteiger partial charge in [-0.3, -0.25) is 0 Å². The average molecular weight is 228 g/mol. The Morgan fingerprint density at radius 2 is 1.92 bits per heavy atom. The Morgan fingerprint density at radius 3 is 2.50 bits per heavy atom. The summed E-state index contributed by atoms with van der Waals surface area (Å²) >= 11 is 3.44. The van der Waals surface area contributed by atoms with E-state index in [1.807, 2.05) is 0 Å². The highest BCUT2D eigenvalue weighted by atomic mass is 79.9. The minimum Gasteiger partial charge on any atom is -0.305 e. The van der Waals surface area contributed by atoms with Crippen LogP contribution in [0.5, 0.6) is 0 Å². The Kier molecular flexibility index (Phi) is 3.76. The molecular formula is C10H14BrN. The van der Waals surface area contributed by atoms with E-state index in [1.165, 1.54) is 11.1 Å². The van der Waals surface area contributed by atoms with Crippen LogP contribution in [-0.2, 0) is 11.9 Å². The summed E-state index contributed by atoms with van der Waals surface area (Å²) in [5.41, 5.74) is 2.71. The molecule has 0 fully saturated rings. The van der Waals surface area contributed by atoms with E-state index in [0.29, 0.717) is 0 Å². The summed E-state index contributed by atoms with van der Waals surface area (Å²) in [5.74, 6) is 0. The summed E-state index contributed by atoms with van der Waals surface area (Å²) in [5, 5.41) is 0.939. The molecule has 1 aromatic rings. The van der Waals surface area contributed by atoms with Crippen LogP contribution in [0.25, 0.3) is 0 Å². The first-order valence-corrected chi connectivity index (χ1v) is 5.13. The molecular weight excluding hydrogens is 214 g/mol. The van der Waals surface area contributed by atoms with Gasteiger partial charge < -0.3 is 4.90 Å². The monoisotopic (exact) mass is 227 g/mol. The number of rotatable bonds is 3. The van der Waals surface area contributed by atoms with E-state index >= 15 is 0 Å². The molecule has 0 radical (unpaired) electrons.